The lowest BCUT2D eigenvalue weighted by Gasteiger charge is -2.05. The average molecular weight is 371 g/mol. The summed E-state index contributed by atoms with van der Waals surface area (Å²) in [6, 6.07) is 19.1. The number of carbonyl (C=O) groups excluding carboxylic acids is 1. The summed E-state index contributed by atoms with van der Waals surface area (Å²) in [7, 11) is 0. The molecule has 1 aromatic heterocycles. The number of hydrogen-bond acceptors (Lipinski definition) is 2. The Kier molecular flexibility index (Phi) is 5.16. The number of hydrogen-bond donors (Lipinski definition) is 1. The van der Waals surface area contributed by atoms with Crippen molar-refractivity contribution < 1.29 is 9.90 Å². The van der Waals surface area contributed by atoms with Gasteiger partial charge < -0.3 is 9.67 Å². The fraction of sp³-hybridized carbons (Fsp3) is 0.240. The first-order chi connectivity index (χ1) is 13.7. The smallest absolute Gasteiger partial charge is 0.195 e. The predicted octanol–water partition coefficient (Wildman–Crippen LogP) is 6.31. The highest BCUT2D eigenvalue weighted by Crippen LogP contribution is 2.30. The van der Waals surface area contributed by atoms with E-state index >= 15 is 0 Å². The van der Waals surface area contributed by atoms with Crippen LogP contribution < -0.4 is 0 Å². The molecule has 142 valence electrons. The van der Waals surface area contributed by atoms with Crippen LogP contribution in [0.2, 0.25) is 0 Å². The molecule has 4 rings (SSSR count). The van der Waals surface area contributed by atoms with Gasteiger partial charge in [-0.1, -0.05) is 68.7 Å². The summed E-state index contributed by atoms with van der Waals surface area (Å²) in [6.07, 6.45) is 6.65. The molecular formula is C25H25NO2. The lowest BCUT2D eigenvalue weighted by Crippen LogP contribution is -2.02. The lowest BCUT2D eigenvalue weighted by molar-refractivity contribution is 0.104. The van der Waals surface area contributed by atoms with Crippen LogP contribution in [-0.4, -0.2) is 15.5 Å². The van der Waals surface area contributed by atoms with E-state index in [-0.39, 0.29) is 11.5 Å². The number of aromatic hydroxyl groups is 1. The van der Waals surface area contributed by atoms with Gasteiger partial charge in [-0.15, -0.1) is 0 Å². The van der Waals surface area contributed by atoms with Crippen molar-refractivity contribution in [2.75, 3.05) is 0 Å². The zero-order valence-electron chi connectivity index (χ0n) is 16.2. The number of benzene rings is 3. The summed E-state index contributed by atoms with van der Waals surface area (Å²) in [5, 5.41) is 12.8. The summed E-state index contributed by atoms with van der Waals surface area (Å²) in [5.41, 5.74) is 2.35. The number of carbonyl (C=O) groups is 1. The molecule has 0 amide bonds. The van der Waals surface area contributed by atoms with Gasteiger partial charge in [0.1, 0.15) is 5.75 Å². The fourth-order valence-electron chi connectivity index (χ4n) is 3.93. The zero-order chi connectivity index (χ0) is 19.5. The lowest BCUT2D eigenvalue weighted by atomic mass is 9.97. The second-order valence-electron chi connectivity index (χ2n) is 7.35. The van der Waals surface area contributed by atoms with Crippen molar-refractivity contribution in [1.29, 1.82) is 0 Å². The van der Waals surface area contributed by atoms with E-state index in [2.05, 4.69) is 11.5 Å². The Morgan fingerprint density at radius 3 is 2.57 bits per heavy atom. The van der Waals surface area contributed by atoms with E-state index in [1.165, 1.54) is 19.3 Å². The Labute approximate surface area is 165 Å². The number of phenolic OH excluding ortho intramolecular Hbond substituents is 1. The van der Waals surface area contributed by atoms with Crippen molar-refractivity contribution in [2.24, 2.45) is 0 Å². The number of aromatic nitrogens is 1. The highest BCUT2D eigenvalue weighted by atomic mass is 16.3. The highest BCUT2D eigenvalue weighted by Gasteiger charge is 2.19. The summed E-state index contributed by atoms with van der Waals surface area (Å²) in [6.45, 7) is 3.08. The maximum Gasteiger partial charge on any atom is 0.195 e. The first-order valence-corrected chi connectivity index (χ1v) is 10.0. The molecule has 0 aliphatic carbocycles. The molecule has 0 aliphatic heterocycles. The standard InChI is InChI=1S/C25H25NO2/c1-2-3-4-7-15-26-17-23(22-16-19(27)13-14-24(22)26)25(28)21-12-8-10-18-9-5-6-11-20(18)21/h5-6,8-14,16-17,27H,2-4,7,15H2,1H3. The van der Waals surface area contributed by atoms with Crippen LogP contribution in [0.4, 0.5) is 0 Å². The second-order valence-corrected chi connectivity index (χ2v) is 7.35. The number of aryl methyl sites for hydroxylation is 1. The van der Waals surface area contributed by atoms with E-state index in [0.717, 1.165) is 34.6 Å². The summed E-state index contributed by atoms with van der Waals surface area (Å²) in [4.78, 5) is 13.5. The molecule has 3 aromatic carbocycles. The van der Waals surface area contributed by atoms with Crippen LogP contribution in [0.3, 0.4) is 0 Å². The highest BCUT2D eigenvalue weighted by molar-refractivity contribution is 6.21. The van der Waals surface area contributed by atoms with E-state index in [1.807, 2.05) is 54.7 Å². The van der Waals surface area contributed by atoms with Crippen molar-refractivity contribution in [2.45, 2.75) is 39.2 Å². The normalized spacial score (nSPS) is 11.3. The molecule has 0 aliphatic rings. The maximum atomic E-state index is 13.5. The molecule has 0 saturated heterocycles. The molecule has 28 heavy (non-hydrogen) atoms. The van der Waals surface area contributed by atoms with Gasteiger partial charge in [0.05, 0.1) is 0 Å². The topological polar surface area (TPSA) is 42.2 Å². The Morgan fingerprint density at radius 2 is 1.71 bits per heavy atom. The van der Waals surface area contributed by atoms with Gasteiger partial charge >= 0.3 is 0 Å². The van der Waals surface area contributed by atoms with Crippen molar-refractivity contribution in [1.82, 2.24) is 4.57 Å². The molecule has 1 N–H and O–H groups in total. The number of ketones is 1. The number of unbranched alkanes of at least 4 members (excludes halogenated alkanes) is 3. The quantitative estimate of drug-likeness (QED) is 0.305. The van der Waals surface area contributed by atoms with Gasteiger partial charge in [0.15, 0.2) is 5.78 Å². The molecule has 0 spiro atoms. The van der Waals surface area contributed by atoms with Crippen molar-refractivity contribution >= 4 is 27.5 Å². The van der Waals surface area contributed by atoms with Gasteiger partial charge in [-0.2, -0.15) is 0 Å². The first-order valence-electron chi connectivity index (χ1n) is 10.0. The molecule has 0 fully saturated rings. The largest absolute Gasteiger partial charge is 0.508 e. The average Bonchev–Trinajstić information content (AvgIpc) is 3.08. The summed E-state index contributed by atoms with van der Waals surface area (Å²) in [5.74, 6) is 0.183. The molecule has 0 bridgehead atoms. The zero-order valence-corrected chi connectivity index (χ0v) is 16.2. The van der Waals surface area contributed by atoms with Crippen LogP contribution in [0.1, 0.15) is 48.5 Å². The minimum absolute atomic E-state index is 0.000270. The van der Waals surface area contributed by atoms with Crippen LogP contribution >= 0.6 is 0 Å². The van der Waals surface area contributed by atoms with Gasteiger partial charge in [-0.3, -0.25) is 4.79 Å². The third kappa shape index (κ3) is 3.40. The van der Waals surface area contributed by atoms with Gasteiger partial charge in [-0.05, 0) is 35.4 Å². The van der Waals surface area contributed by atoms with Gasteiger partial charge in [-0.25, -0.2) is 0 Å². The number of rotatable bonds is 7. The van der Waals surface area contributed by atoms with Crippen molar-refractivity contribution in [3.8, 4) is 5.75 Å². The van der Waals surface area contributed by atoms with Crippen molar-refractivity contribution in [3.63, 3.8) is 0 Å². The van der Waals surface area contributed by atoms with Crippen LogP contribution in [0.5, 0.6) is 5.75 Å². The van der Waals surface area contributed by atoms with Gasteiger partial charge in [0.2, 0.25) is 0 Å². The monoisotopic (exact) mass is 371 g/mol. The molecule has 0 saturated carbocycles. The van der Waals surface area contributed by atoms with Crippen LogP contribution in [-0.2, 0) is 6.54 Å². The SMILES string of the molecule is CCCCCCn1cc(C(=O)c2cccc3ccccc23)c2cc(O)ccc21. The number of nitrogens with zero attached hydrogens (tertiary/aromatic N) is 1. The number of phenols is 1. The Bertz CT molecular complexity index is 1130. The summed E-state index contributed by atoms with van der Waals surface area (Å²) < 4.78 is 2.16. The molecule has 0 atom stereocenters. The van der Waals surface area contributed by atoms with E-state index in [9.17, 15) is 9.90 Å². The Morgan fingerprint density at radius 1 is 0.893 bits per heavy atom. The van der Waals surface area contributed by atoms with E-state index in [0.29, 0.717) is 11.1 Å². The fourth-order valence-corrected chi connectivity index (χ4v) is 3.93. The predicted molar refractivity (Wildman–Crippen MR) is 115 cm³/mol. The van der Waals surface area contributed by atoms with E-state index < -0.39 is 0 Å². The molecule has 0 unspecified atom stereocenters. The minimum atomic E-state index is -0.000270. The van der Waals surface area contributed by atoms with E-state index in [1.54, 1.807) is 12.1 Å². The Balaban J connectivity index is 1.79. The molecule has 4 aromatic rings. The third-order valence-corrected chi connectivity index (χ3v) is 5.40. The van der Waals surface area contributed by atoms with Gasteiger partial charge in [0.25, 0.3) is 0 Å². The maximum absolute atomic E-state index is 13.5. The Hall–Kier alpha value is -3.07. The molecule has 3 heteroatoms. The van der Waals surface area contributed by atoms with Crippen LogP contribution in [0.25, 0.3) is 21.7 Å². The third-order valence-electron chi connectivity index (χ3n) is 5.40. The minimum Gasteiger partial charge on any atom is -0.508 e. The number of fused-ring (bicyclic) bond motifs is 2. The molecule has 1 heterocycles. The molecule has 3 nitrogen and oxygen atoms in total. The van der Waals surface area contributed by atoms with Crippen molar-refractivity contribution in [3.05, 3.63) is 78.0 Å². The first kappa shape index (κ1) is 18.3. The molecular weight excluding hydrogens is 346 g/mol. The van der Waals surface area contributed by atoms with Crippen LogP contribution in [0, 0.1) is 0 Å². The molecule has 0 radical (unpaired) electrons. The second kappa shape index (κ2) is 7.89. The van der Waals surface area contributed by atoms with E-state index in [4.69, 9.17) is 0 Å². The summed E-state index contributed by atoms with van der Waals surface area (Å²) >= 11 is 0. The van der Waals surface area contributed by atoms with Gasteiger partial charge in [0, 0.05) is 34.8 Å². The van der Waals surface area contributed by atoms with Crippen LogP contribution in [0.15, 0.2) is 66.9 Å².